The standard InChI is InChI=1S/C14H13IO4S2/c1-14(15,20(16,17)12-8-4-2-5-9-12)21(18,19)13-10-6-3-7-11-13/h2-11H,1H3. The van der Waals surface area contributed by atoms with Crippen molar-refractivity contribution < 1.29 is 16.8 Å². The number of hydrogen-bond acceptors (Lipinski definition) is 4. The predicted molar refractivity (Wildman–Crippen MR) is 89.7 cm³/mol. The third-order valence-electron chi connectivity index (χ3n) is 3.07. The molecule has 2 aromatic carbocycles. The number of halogens is 1. The molecule has 0 unspecified atom stereocenters. The van der Waals surface area contributed by atoms with Crippen molar-refractivity contribution in [3.8, 4) is 0 Å². The number of rotatable bonds is 4. The molecule has 112 valence electrons. The van der Waals surface area contributed by atoms with Gasteiger partial charge in [-0.25, -0.2) is 16.8 Å². The first-order valence-electron chi connectivity index (χ1n) is 5.99. The van der Waals surface area contributed by atoms with Gasteiger partial charge in [-0.15, -0.1) is 0 Å². The van der Waals surface area contributed by atoms with E-state index in [0.717, 1.165) is 0 Å². The van der Waals surface area contributed by atoms with Crippen molar-refractivity contribution in [2.45, 2.75) is 18.8 Å². The second-order valence-electron chi connectivity index (χ2n) is 4.47. The molecule has 0 amide bonds. The van der Waals surface area contributed by atoms with Crippen LogP contribution in [0.2, 0.25) is 0 Å². The third kappa shape index (κ3) is 2.74. The fourth-order valence-corrected chi connectivity index (χ4v) is 6.90. The quantitative estimate of drug-likeness (QED) is 0.546. The molecular formula is C14H13IO4S2. The molecule has 0 spiro atoms. The van der Waals surface area contributed by atoms with Crippen LogP contribution in [0.3, 0.4) is 0 Å². The van der Waals surface area contributed by atoms with E-state index in [2.05, 4.69) is 0 Å². The summed E-state index contributed by atoms with van der Waals surface area (Å²) in [7, 11) is -8.09. The van der Waals surface area contributed by atoms with Gasteiger partial charge < -0.3 is 0 Å². The zero-order valence-corrected chi connectivity index (χ0v) is 14.9. The minimum atomic E-state index is -4.05. The summed E-state index contributed by atoms with van der Waals surface area (Å²) >= 11 is 1.49. The van der Waals surface area contributed by atoms with E-state index in [1.54, 1.807) is 36.4 Å². The van der Waals surface area contributed by atoms with Crippen LogP contribution in [-0.2, 0) is 19.7 Å². The molecule has 0 saturated carbocycles. The van der Waals surface area contributed by atoms with Crippen molar-refractivity contribution >= 4 is 42.3 Å². The molecule has 2 aromatic rings. The van der Waals surface area contributed by atoms with Crippen molar-refractivity contribution in [1.29, 1.82) is 0 Å². The van der Waals surface area contributed by atoms with Gasteiger partial charge in [0.05, 0.1) is 9.79 Å². The van der Waals surface area contributed by atoms with Crippen LogP contribution in [0.25, 0.3) is 0 Å². The summed E-state index contributed by atoms with van der Waals surface area (Å²) in [6.07, 6.45) is 0. The Kier molecular flexibility index (Phi) is 4.46. The van der Waals surface area contributed by atoms with Gasteiger partial charge in [0, 0.05) is 0 Å². The zero-order valence-electron chi connectivity index (χ0n) is 11.1. The second-order valence-corrected chi connectivity index (χ2v) is 12.9. The van der Waals surface area contributed by atoms with E-state index in [-0.39, 0.29) is 9.79 Å². The van der Waals surface area contributed by atoms with Gasteiger partial charge in [0.25, 0.3) is 0 Å². The number of hydrogen-bond donors (Lipinski definition) is 0. The third-order valence-corrected chi connectivity index (χ3v) is 11.6. The molecule has 7 heteroatoms. The summed E-state index contributed by atoms with van der Waals surface area (Å²) in [6, 6.07) is 15.2. The van der Waals surface area contributed by atoms with Gasteiger partial charge in [0.1, 0.15) is 0 Å². The SMILES string of the molecule is CC(I)(S(=O)(=O)c1ccccc1)S(=O)(=O)c1ccccc1. The number of sulfone groups is 2. The summed E-state index contributed by atoms with van der Waals surface area (Å²) in [6.45, 7) is 1.21. The molecule has 0 aliphatic carbocycles. The molecule has 4 nitrogen and oxygen atoms in total. The lowest BCUT2D eigenvalue weighted by molar-refractivity contribution is 0.575. The van der Waals surface area contributed by atoms with Crippen LogP contribution in [-0.4, -0.2) is 18.9 Å². The molecule has 21 heavy (non-hydrogen) atoms. The molecule has 0 atom stereocenters. The fraction of sp³-hybridized carbons (Fsp3) is 0.143. The van der Waals surface area contributed by atoms with Crippen LogP contribution < -0.4 is 0 Å². The Balaban J connectivity index is 2.62. The first-order valence-corrected chi connectivity index (χ1v) is 10.0. The lowest BCUT2D eigenvalue weighted by atomic mass is 10.4. The second kappa shape index (κ2) is 5.69. The van der Waals surface area contributed by atoms with E-state index in [4.69, 9.17) is 0 Å². The molecule has 2 rings (SSSR count). The van der Waals surface area contributed by atoms with Gasteiger partial charge in [-0.2, -0.15) is 0 Å². The minimum absolute atomic E-state index is 0.0126. The lowest BCUT2D eigenvalue weighted by Gasteiger charge is -2.23. The maximum absolute atomic E-state index is 12.7. The average Bonchev–Trinajstić information content (AvgIpc) is 2.48. The smallest absolute Gasteiger partial charge is 0.221 e. The van der Waals surface area contributed by atoms with E-state index in [1.807, 2.05) is 0 Å². The highest BCUT2D eigenvalue weighted by atomic mass is 127. The molecule has 0 bridgehead atoms. The normalized spacial score (nSPS) is 13.0. The molecule has 0 N–H and O–H groups in total. The Labute approximate surface area is 138 Å². The van der Waals surface area contributed by atoms with Crippen molar-refractivity contribution in [3.05, 3.63) is 60.7 Å². The number of alkyl halides is 1. The molecule has 0 aliphatic rings. The van der Waals surface area contributed by atoms with Crippen LogP contribution in [0, 0.1) is 0 Å². The summed E-state index contributed by atoms with van der Waals surface area (Å²) in [5.41, 5.74) is 0. The predicted octanol–water partition coefficient (Wildman–Crippen LogP) is 3.04. The van der Waals surface area contributed by atoms with Gasteiger partial charge in [-0.3, -0.25) is 0 Å². The van der Waals surface area contributed by atoms with E-state index in [9.17, 15) is 16.8 Å². The van der Waals surface area contributed by atoms with Gasteiger partial charge in [-0.1, -0.05) is 36.4 Å². The Bertz CT molecular complexity index is 756. The largest absolute Gasteiger partial charge is 0.229 e. The Morgan fingerprint density at radius 2 is 1.00 bits per heavy atom. The van der Waals surface area contributed by atoms with Crippen molar-refractivity contribution in [1.82, 2.24) is 0 Å². The highest BCUT2D eigenvalue weighted by molar-refractivity contribution is 14.1. The lowest BCUT2D eigenvalue weighted by Crippen LogP contribution is -2.37. The van der Waals surface area contributed by atoms with Crippen LogP contribution in [0.5, 0.6) is 0 Å². The summed E-state index contributed by atoms with van der Waals surface area (Å²) in [4.78, 5) is -0.0252. The average molecular weight is 436 g/mol. The van der Waals surface area contributed by atoms with Crippen LogP contribution in [0.4, 0.5) is 0 Å². The highest BCUT2D eigenvalue weighted by Gasteiger charge is 2.50. The Morgan fingerprint density at radius 1 is 0.714 bits per heavy atom. The van der Waals surface area contributed by atoms with E-state index in [0.29, 0.717) is 0 Å². The van der Waals surface area contributed by atoms with Gasteiger partial charge >= 0.3 is 0 Å². The van der Waals surface area contributed by atoms with Crippen molar-refractivity contribution in [2.75, 3.05) is 0 Å². The molecule has 0 fully saturated rings. The van der Waals surface area contributed by atoms with Crippen LogP contribution >= 0.6 is 22.6 Å². The van der Waals surface area contributed by atoms with Crippen LogP contribution in [0.1, 0.15) is 6.92 Å². The number of benzene rings is 2. The van der Waals surface area contributed by atoms with E-state index in [1.165, 1.54) is 53.8 Å². The minimum Gasteiger partial charge on any atom is -0.221 e. The Hall–Kier alpha value is -0.930. The zero-order chi connectivity index (χ0) is 15.7. The van der Waals surface area contributed by atoms with Gasteiger partial charge in [-0.05, 0) is 53.8 Å². The molecule has 0 aromatic heterocycles. The van der Waals surface area contributed by atoms with Crippen molar-refractivity contribution in [3.63, 3.8) is 0 Å². The maximum atomic E-state index is 12.7. The molecular weight excluding hydrogens is 423 g/mol. The van der Waals surface area contributed by atoms with Gasteiger partial charge in [0.15, 0.2) is 0 Å². The topological polar surface area (TPSA) is 68.3 Å². The maximum Gasteiger partial charge on any atom is 0.229 e. The Morgan fingerprint density at radius 3 is 1.29 bits per heavy atom. The van der Waals surface area contributed by atoms with Crippen LogP contribution in [0.15, 0.2) is 70.5 Å². The summed E-state index contributed by atoms with van der Waals surface area (Å²) in [5, 5.41) is 0. The fourth-order valence-electron chi connectivity index (χ4n) is 1.76. The first-order chi connectivity index (χ1) is 9.71. The molecule has 0 aliphatic heterocycles. The molecule has 0 heterocycles. The summed E-state index contributed by atoms with van der Waals surface area (Å²) < 4.78 is 48.8. The molecule has 0 radical (unpaired) electrons. The van der Waals surface area contributed by atoms with E-state index < -0.39 is 21.8 Å². The highest BCUT2D eigenvalue weighted by Crippen LogP contribution is 2.40. The summed E-state index contributed by atoms with van der Waals surface area (Å²) in [5.74, 6) is 0. The van der Waals surface area contributed by atoms with Gasteiger partial charge in [0.2, 0.25) is 21.8 Å². The van der Waals surface area contributed by atoms with Crippen molar-refractivity contribution in [2.24, 2.45) is 0 Å². The monoisotopic (exact) mass is 436 g/mol. The first kappa shape index (κ1) is 16.4. The van der Waals surface area contributed by atoms with E-state index >= 15 is 0 Å². The molecule has 0 saturated heterocycles.